The Balaban J connectivity index is 1.21. The number of rotatable bonds is 3. The Labute approximate surface area is 157 Å². The molecule has 2 aromatic heterocycles. The average molecular weight is 361 g/mol. The number of H-pyrrole nitrogens is 1. The highest BCUT2D eigenvalue weighted by Gasteiger charge is 2.48. The molecule has 0 atom stereocenters. The fraction of sp³-hybridized carbons (Fsp3) is 0.455. The lowest BCUT2D eigenvalue weighted by atomic mass is 9.54. The maximum Gasteiger partial charge on any atom is 0.226 e. The van der Waals surface area contributed by atoms with Gasteiger partial charge >= 0.3 is 0 Å². The summed E-state index contributed by atoms with van der Waals surface area (Å²) < 4.78 is 5.93. The zero-order valence-corrected chi connectivity index (χ0v) is 15.2. The first kappa shape index (κ1) is 15.5. The van der Waals surface area contributed by atoms with Gasteiger partial charge in [0.25, 0.3) is 0 Å². The fourth-order valence-electron chi connectivity index (χ4n) is 6.12. The van der Waals surface area contributed by atoms with Crippen LogP contribution in [-0.2, 0) is 9.53 Å². The Kier molecular flexibility index (Phi) is 3.28. The summed E-state index contributed by atoms with van der Waals surface area (Å²) in [5, 5.41) is 4.58. The molecule has 2 N–H and O–H groups in total. The number of fused-ring (bicyclic) bond motifs is 1. The molecule has 0 aromatic carbocycles. The summed E-state index contributed by atoms with van der Waals surface area (Å²) in [5.41, 5.74) is 1.74. The molecule has 4 saturated carbocycles. The SMILES string of the molecule is O=C1C=C(NC2C3CC4CC(C3)CC2C4)O/C1=C/c1c[nH]c2ncccc12. The molecule has 5 heteroatoms. The summed E-state index contributed by atoms with van der Waals surface area (Å²) in [6, 6.07) is 4.35. The van der Waals surface area contributed by atoms with Crippen molar-refractivity contribution in [3.8, 4) is 0 Å². The maximum atomic E-state index is 12.5. The van der Waals surface area contributed by atoms with Crippen LogP contribution in [-0.4, -0.2) is 21.8 Å². The molecule has 5 nitrogen and oxygen atoms in total. The molecule has 0 radical (unpaired) electrons. The van der Waals surface area contributed by atoms with Crippen molar-refractivity contribution in [1.82, 2.24) is 15.3 Å². The van der Waals surface area contributed by atoms with Crippen LogP contribution in [0.25, 0.3) is 17.1 Å². The molecular weight excluding hydrogens is 338 g/mol. The fourth-order valence-corrected chi connectivity index (χ4v) is 6.12. The van der Waals surface area contributed by atoms with Gasteiger partial charge < -0.3 is 15.0 Å². The van der Waals surface area contributed by atoms with E-state index in [9.17, 15) is 4.79 Å². The number of aromatic nitrogens is 2. The first-order chi connectivity index (χ1) is 13.2. The third-order valence-corrected chi connectivity index (χ3v) is 7.03. The standard InChI is InChI=1S/C22H23N3O2/c26-18-10-20(25-21-14-5-12-4-13(7-14)8-15(21)6-12)27-19(18)9-16-11-24-22-17(16)2-1-3-23-22/h1-3,9-15,21,25H,4-8H2,(H,23,24)/b19-9+. The first-order valence-electron chi connectivity index (χ1n) is 10.1. The average Bonchev–Trinajstić information content (AvgIpc) is 3.22. The van der Waals surface area contributed by atoms with Crippen LogP contribution < -0.4 is 5.32 Å². The van der Waals surface area contributed by atoms with Crippen LogP contribution >= 0.6 is 0 Å². The summed E-state index contributed by atoms with van der Waals surface area (Å²) in [5.74, 6) is 4.31. The predicted molar refractivity (Wildman–Crippen MR) is 102 cm³/mol. The highest BCUT2D eigenvalue weighted by molar-refractivity contribution is 6.08. The minimum absolute atomic E-state index is 0.0699. The quantitative estimate of drug-likeness (QED) is 0.817. The Morgan fingerprint density at radius 1 is 1.15 bits per heavy atom. The topological polar surface area (TPSA) is 67.0 Å². The molecule has 0 saturated heterocycles. The molecule has 3 heterocycles. The van der Waals surface area contributed by atoms with Crippen molar-refractivity contribution in [3.63, 3.8) is 0 Å². The van der Waals surface area contributed by atoms with Gasteiger partial charge in [-0.1, -0.05) is 0 Å². The number of carbonyl (C=O) groups is 1. The molecule has 27 heavy (non-hydrogen) atoms. The van der Waals surface area contributed by atoms with Crippen LogP contribution in [0.2, 0.25) is 0 Å². The third kappa shape index (κ3) is 2.52. The van der Waals surface area contributed by atoms with Gasteiger partial charge in [-0.2, -0.15) is 0 Å². The molecule has 0 spiro atoms. The number of carbonyl (C=O) groups excluding carboxylic acids is 1. The number of nitrogens with zero attached hydrogens (tertiary/aromatic N) is 1. The largest absolute Gasteiger partial charge is 0.437 e. The zero-order chi connectivity index (χ0) is 18.0. The van der Waals surface area contributed by atoms with E-state index in [4.69, 9.17) is 4.74 Å². The lowest BCUT2D eigenvalue weighted by Crippen LogP contribution is -2.54. The molecule has 4 fully saturated rings. The number of hydrogen-bond donors (Lipinski definition) is 2. The van der Waals surface area contributed by atoms with Crippen LogP contribution in [0.5, 0.6) is 0 Å². The van der Waals surface area contributed by atoms with Crippen LogP contribution in [0.3, 0.4) is 0 Å². The number of allylic oxidation sites excluding steroid dienone is 1. The van der Waals surface area contributed by atoms with Gasteiger partial charge in [-0.3, -0.25) is 4.79 Å². The van der Waals surface area contributed by atoms with E-state index in [1.165, 1.54) is 32.1 Å². The van der Waals surface area contributed by atoms with E-state index in [1.54, 1.807) is 12.3 Å². The predicted octanol–water partition coefficient (Wildman–Crippen LogP) is 3.76. The highest BCUT2D eigenvalue weighted by atomic mass is 16.5. The molecule has 7 rings (SSSR count). The molecule has 1 aliphatic heterocycles. The second-order valence-electron chi connectivity index (χ2n) is 8.73. The van der Waals surface area contributed by atoms with Crippen LogP contribution in [0, 0.1) is 23.7 Å². The maximum absolute atomic E-state index is 12.5. The summed E-state index contributed by atoms with van der Waals surface area (Å²) in [7, 11) is 0. The van der Waals surface area contributed by atoms with Gasteiger partial charge in [0.1, 0.15) is 5.65 Å². The molecule has 0 amide bonds. The van der Waals surface area contributed by atoms with Gasteiger partial charge in [0, 0.05) is 35.5 Å². The van der Waals surface area contributed by atoms with E-state index in [2.05, 4.69) is 15.3 Å². The van der Waals surface area contributed by atoms with Crippen molar-refractivity contribution >= 4 is 22.9 Å². The number of ketones is 1. The minimum Gasteiger partial charge on any atom is -0.437 e. The second-order valence-corrected chi connectivity index (χ2v) is 8.73. The van der Waals surface area contributed by atoms with Crippen molar-refractivity contribution in [2.45, 2.75) is 38.1 Å². The monoisotopic (exact) mass is 361 g/mol. The lowest BCUT2D eigenvalue weighted by molar-refractivity contribution is -0.112. The number of nitrogens with one attached hydrogen (secondary N) is 2. The van der Waals surface area contributed by atoms with E-state index in [0.717, 1.165) is 40.3 Å². The van der Waals surface area contributed by atoms with Crippen molar-refractivity contribution in [2.75, 3.05) is 0 Å². The number of ether oxygens (including phenoxy) is 1. The highest BCUT2D eigenvalue weighted by Crippen LogP contribution is 2.54. The lowest BCUT2D eigenvalue weighted by Gasteiger charge is -2.54. The minimum atomic E-state index is -0.0699. The summed E-state index contributed by atoms with van der Waals surface area (Å²) >= 11 is 0. The van der Waals surface area contributed by atoms with Gasteiger partial charge in [-0.05, 0) is 74.0 Å². The molecule has 138 valence electrons. The Morgan fingerprint density at radius 2 is 1.93 bits per heavy atom. The van der Waals surface area contributed by atoms with Crippen molar-refractivity contribution in [2.24, 2.45) is 23.7 Å². The molecule has 0 unspecified atom stereocenters. The molecule has 5 aliphatic rings. The van der Waals surface area contributed by atoms with Gasteiger partial charge in [-0.15, -0.1) is 0 Å². The second kappa shape index (κ2) is 5.72. The van der Waals surface area contributed by atoms with Gasteiger partial charge in [0.05, 0.1) is 0 Å². The first-order valence-corrected chi connectivity index (χ1v) is 10.1. The van der Waals surface area contributed by atoms with Crippen molar-refractivity contribution in [1.29, 1.82) is 0 Å². The Hall–Kier alpha value is -2.56. The number of pyridine rings is 1. The van der Waals surface area contributed by atoms with Gasteiger partial charge in [-0.25, -0.2) is 4.98 Å². The van der Waals surface area contributed by atoms with E-state index < -0.39 is 0 Å². The van der Waals surface area contributed by atoms with Gasteiger partial charge in [0.15, 0.2) is 11.6 Å². The Morgan fingerprint density at radius 3 is 2.70 bits per heavy atom. The Bertz CT molecular complexity index is 958. The molecular formula is C22H23N3O2. The van der Waals surface area contributed by atoms with Crippen molar-refractivity contribution in [3.05, 3.63) is 47.8 Å². The summed E-state index contributed by atoms with van der Waals surface area (Å²) in [6.45, 7) is 0. The van der Waals surface area contributed by atoms with Crippen LogP contribution in [0.4, 0.5) is 0 Å². The summed E-state index contributed by atoms with van der Waals surface area (Å²) in [6.07, 6.45) is 13.9. The molecule has 2 aromatic rings. The zero-order valence-electron chi connectivity index (χ0n) is 15.2. The number of aromatic amines is 1. The van der Waals surface area contributed by atoms with E-state index in [0.29, 0.717) is 17.7 Å². The van der Waals surface area contributed by atoms with Gasteiger partial charge in [0.2, 0.25) is 5.78 Å². The molecule has 4 bridgehead atoms. The van der Waals surface area contributed by atoms with Crippen LogP contribution in [0.15, 0.2) is 42.2 Å². The third-order valence-electron chi connectivity index (χ3n) is 7.03. The molecule has 4 aliphatic carbocycles. The smallest absolute Gasteiger partial charge is 0.226 e. The van der Waals surface area contributed by atoms with E-state index in [-0.39, 0.29) is 5.78 Å². The van der Waals surface area contributed by atoms with Crippen LogP contribution in [0.1, 0.15) is 37.7 Å². The summed E-state index contributed by atoms with van der Waals surface area (Å²) in [4.78, 5) is 19.9. The normalized spacial score (nSPS) is 35.7. The van der Waals surface area contributed by atoms with E-state index in [1.807, 2.05) is 24.4 Å². The number of hydrogen-bond acceptors (Lipinski definition) is 4. The van der Waals surface area contributed by atoms with E-state index >= 15 is 0 Å². The van der Waals surface area contributed by atoms with Crippen molar-refractivity contribution < 1.29 is 9.53 Å².